The minimum atomic E-state index is -0.325. The summed E-state index contributed by atoms with van der Waals surface area (Å²) in [5, 5.41) is 20.0. The Balaban J connectivity index is 2.21. The lowest BCUT2D eigenvalue weighted by Gasteiger charge is -2.35. The first-order valence-corrected chi connectivity index (χ1v) is 6.73. The molecule has 1 aromatic rings. The highest BCUT2D eigenvalue weighted by atomic mass is 16.6. The molecule has 0 spiro atoms. The van der Waals surface area contributed by atoms with Gasteiger partial charge in [-0.05, 0) is 38.2 Å². The number of hydrogen-bond acceptors (Lipinski definition) is 4. The second kappa shape index (κ2) is 6.02. The Morgan fingerprint density at radius 3 is 3.00 bits per heavy atom. The van der Waals surface area contributed by atoms with Gasteiger partial charge >= 0.3 is 0 Å². The molecule has 1 N–H and O–H groups in total. The molecule has 1 aromatic carbocycles. The predicted molar refractivity (Wildman–Crippen MR) is 74.5 cm³/mol. The first kappa shape index (κ1) is 13.8. The van der Waals surface area contributed by atoms with Crippen molar-refractivity contribution in [2.75, 3.05) is 24.6 Å². The Bertz CT molecular complexity index is 460. The summed E-state index contributed by atoms with van der Waals surface area (Å²) in [6, 6.07) is 5.24. The van der Waals surface area contributed by atoms with Crippen molar-refractivity contribution in [2.24, 2.45) is 5.92 Å². The highest BCUT2D eigenvalue weighted by Crippen LogP contribution is 2.31. The van der Waals surface area contributed by atoms with Crippen molar-refractivity contribution in [1.82, 2.24) is 0 Å². The van der Waals surface area contributed by atoms with Crippen LogP contribution < -0.4 is 4.90 Å². The van der Waals surface area contributed by atoms with Gasteiger partial charge in [0.2, 0.25) is 0 Å². The van der Waals surface area contributed by atoms with E-state index in [-0.39, 0.29) is 17.2 Å². The highest BCUT2D eigenvalue weighted by Gasteiger charge is 2.23. The number of hydrogen-bond donors (Lipinski definition) is 1. The van der Waals surface area contributed by atoms with Crippen LogP contribution in [0.3, 0.4) is 0 Å². The van der Waals surface area contributed by atoms with Gasteiger partial charge in [0.05, 0.1) is 10.5 Å². The molecule has 0 aromatic heterocycles. The van der Waals surface area contributed by atoms with Crippen LogP contribution in [-0.2, 0) is 0 Å². The summed E-state index contributed by atoms with van der Waals surface area (Å²) in [6.07, 6.45) is 3.02. The molecule has 1 aliphatic heterocycles. The van der Waals surface area contributed by atoms with Gasteiger partial charge in [0.1, 0.15) is 0 Å². The Labute approximate surface area is 113 Å². The molecule has 1 unspecified atom stereocenters. The van der Waals surface area contributed by atoms with E-state index >= 15 is 0 Å². The highest BCUT2D eigenvalue weighted by molar-refractivity contribution is 5.61. The summed E-state index contributed by atoms with van der Waals surface area (Å²) >= 11 is 0. The summed E-state index contributed by atoms with van der Waals surface area (Å²) < 4.78 is 0. The standard InChI is InChI=1S/C14H20N2O3/c1-11-13(5-2-6-14(11)16(18)19)15-8-3-4-12(10-15)7-9-17/h2,5-6,12,17H,3-4,7-10H2,1H3. The number of nitro groups is 1. The van der Waals surface area contributed by atoms with Crippen molar-refractivity contribution in [3.63, 3.8) is 0 Å². The quantitative estimate of drug-likeness (QED) is 0.670. The zero-order valence-corrected chi connectivity index (χ0v) is 11.2. The third-order valence-electron chi connectivity index (χ3n) is 3.87. The van der Waals surface area contributed by atoms with Crippen molar-refractivity contribution < 1.29 is 10.0 Å². The van der Waals surface area contributed by atoms with Crippen molar-refractivity contribution in [3.8, 4) is 0 Å². The Morgan fingerprint density at radius 1 is 1.53 bits per heavy atom. The molecule has 0 amide bonds. The van der Waals surface area contributed by atoms with Gasteiger partial charge in [-0.1, -0.05) is 6.07 Å². The maximum absolute atomic E-state index is 11.0. The first-order valence-electron chi connectivity index (χ1n) is 6.73. The number of nitrogens with zero attached hydrogens (tertiary/aromatic N) is 2. The molecule has 104 valence electrons. The molecule has 5 heteroatoms. The van der Waals surface area contributed by atoms with E-state index in [4.69, 9.17) is 5.11 Å². The lowest BCUT2D eigenvalue weighted by Crippen LogP contribution is -2.36. The third kappa shape index (κ3) is 3.04. The van der Waals surface area contributed by atoms with E-state index in [1.165, 1.54) is 0 Å². The molecule has 2 rings (SSSR count). The van der Waals surface area contributed by atoms with Gasteiger partial charge in [0, 0.05) is 31.5 Å². The SMILES string of the molecule is Cc1c(N2CCCC(CCO)C2)cccc1[N+](=O)[O-]. The summed E-state index contributed by atoms with van der Waals surface area (Å²) in [6.45, 7) is 3.84. The molecule has 5 nitrogen and oxygen atoms in total. The average molecular weight is 264 g/mol. The maximum Gasteiger partial charge on any atom is 0.274 e. The number of benzene rings is 1. The van der Waals surface area contributed by atoms with Crippen molar-refractivity contribution in [2.45, 2.75) is 26.2 Å². The van der Waals surface area contributed by atoms with E-state index in [1.54, 1.807) is 12.1 Å². The van der Waals surface area contributed by atoms with E-state index in [9.17, 15) is 10.1 Å². The first-order chi connectivity index (χ1) is 9.13. The molecule has 0 radical (unpaired) electrons. The fourth-order valence-electron chi connectivity index (χ4n) is 2.85. The summed E-state index contributed by atoms with van der Waals surface area (Å²) in [7, 11) is 0. The molecule has 0 bridgehead atoms. The molecule has 1 atom stereocenters. The van der Waals surface area contributed by atoms with Crippen LogP contribution in [-0.4, -0.2) is 29.7 Å². The van der Waals surface area contributed by atoms with Crippen LogP contribution in [0, 0.1) is 23.0 Å². The summed E-state index contributed by atoms with van der Waals surface area (Å²) in [5.74, 6) is 0.484. The topological polar surface area (TPSA) is 66.6 Å². The predicted octanol–water partition coefficient (Wildman–Crippen LogP) is 2.50. The number of piperidine rings is 1. The van der Waals surface area contributed by atoms with Crippen LogP contribution in [0.2, 0.25) is 0 Å². The molecule has 0 aliphatic carbocycles. The van der Waals surface area contributed by atoms with Gasteiger partial charge in [-0.2, -0.15) is 0 Å². The van der Waals surface area contributed by atoms with Crippen LogP contribution in [0.5, 0.6) is 0 Å². The molecular formula is C14H20N2O3. The fraction of sp³-hybridized carbons (Fsp3) is 0.571. The van der Waals surface area contributed by atoms with E-state index in [1.807, 2.05) is 13.0 Å². The van der Waals surface area contributed by atoms with Crippen LogP contribution in [0.4, 0.5) is 11.4 Å². The Kier molecular flexibility index (Phi) is 4.37. The average Bonchev–Trinajstić information content (AvgIpc) is 2.39. The van der Waals surface area contributed by atoms with Crippen LogP contribution >= 0.6 is 0 Å². The molecule has 1 aliphatic rings. The summed E-state index contributed by atoms with van der Waals surface area (Å²) in [5.41, 5.74) is 1.87. The minimum absolute atomic E-state index is 0.182. The molecule has 0 saturated carbocycles. The second-order valence-corrected chi connectivity index (χ2v) is 5.14. The third-order valence-corrected chi connectivity index (χ3v) is 3.87. The van der Waals surface area contributed by atoms with Gasteiger partial charge in [-0.15, -0.1) is 0 Å². The molecule has 1 heterocycles. The van der Waals surface area contributed by atoms with Gasteiger partial charge in [-0.3, -0.25) is 10.1 Å². The van der Waals surface area contributed by atoms with Crippen LogP contribution in [0.15, 0.2) is 18.2 Å². The minimum Gasteiger partial charge on any atom is -0.396 e. The zero-order chi connectivity index (χ0) is 13.8. The summed E-state index contributed by atoms with van der Waals surface area (Å²) in [4.78, 5) is 12.9. The molecule has 1 saturated heterocycles. The van der Waals surface area contributed by atoms with Crippen molar-refractivity contribution in [1.29, 1.82) is 0 Å². The lowest BCUT2D eigenvalue weighted by atomic mass is 9.94. The van der Waals surface area contributed by atoms with Crippen molar-refractivity contribution in [3.05, 3.63) is 33.9 Å². The number of rotatable bonds is 4. The largest absolute Gasteiger partial charge is 0.396 e. The number of nitro benzene ring substituents is 1. The number of aliphatic hydroxyl groups is 1. The zero-order valence-electron chi connectivity index (χ0n) is 11.2. The normalized spacial score (nSPS) is 19.5. The van der Waals surface area contributed by atoms with E-state index in [0.717, 1.165) is 43.6 Å². The molecule has 1 fully saturated rings. The van der Waals surface area contributed by atoms with E-state index < -0.39 is 0 Å². The Morgan fingerprint density at radius 2 is 2.32 bits per heavy atom. The monoisotopic (exact) mass is 264 g/mol. The van der Waals surface area contributed by atoms with E-state index in [2.05, 4.69) is 4.90 Å². The van der Waals surface area contributed by atoms with Crippen LogP contribution in [0.1, 0.15) is 24.8 Å². The van der Waals surface area contributed by atoms with Gasteiger partial charge < -0.3 is 10.0 Å². The van der Waals surface area contributed by atoms with E-state index in [0.29, 0.717) is 5.92 Å². The second-order valence-electron chi connectivity index (χ2n) is 5.14. The Hall–Kier alpha value is -1.62. The van der Waals surface area contributed by atoms with Crippen LogP contribution in [0.25, 0.3) is 0 Å². The lowest BCUT2D eigenvalue weighted by molar-refractivity contribution is -0.385. The van der Waals surface area contributed by atoms with Gasteiger partial charge in [0.15, 0.2) is 0 Å². The smallest absolute Gasteiger partial charge is 0.274 e. The maximum atomic E-state index is 11.0. The molecular weight excluding hydrogens is 244 g/mol. The molecule has 19 heavy (non-hydrogen) atoms. The number of aliphatic hydroxyl groups excluding tert-OH is 1. The fourth-order valence-corrected chi connectivity index (χ4v) is 2.85. The van der Waals surface area contributed by atoms with Crippen molar-refractivity contribution >= 4 is 11.4 Å². The van der Waals surface area contributed by atoms with Gasteiger partial charge in [-0.25, -0.2) is 0 Å². The number of anilines is 1. The van der Waals surface area contributed by atoms with Gasteiger partial charge in [0.25, 0.3) is 5.69 Å².